The molecule has 1 heterocycles. The lowest BCUT2D eigenvalue weighted by atomic mass is 10.3. The van der Waals surface area contributed by atoms with Gasteiger partial charge in [0, 0.05) is 19.1 Å². The van der Waals surface area contributed by atoms with Crippen LogP contribution in [0.25, 0.3) is 0 Å². The van der Waals surface area contributed by atoms with Crippen molar-refractivity contribution >= 4 is 0 Å². The topological polar surface area (TPSA) is 29.3 Å². The van der Waals surface area contributed by atoms with Gasteiger partial charge in [-0.25, -0.2) is 0 Å². The van der Waals surface area contributed by atoms with Crippen LogP contribution in [-0.4, -0.2) is 30.6 Å². The molecule has 0 spiro atoms. The predicted molar refractivity (Wildman–Crippen MR) is 48.5 cm³/mol. The summed E-state index contributed by atoms with van der Waals surface area (Å²) in [6.45, 7) is 5.53. The molecule has 0 amide bonds. The van der Waals surface area contributed by atoms with E-state index < -0.39 is 0 Å². The van der Waals surface area contributed by atoms with Gasteiger partial charge in [-0.1, -0.05) is 12.2 Å². The van der Waals surface area contributed by atoms with Gasteiger partial charge in [0.2, 0.25) is 0 Å². The van der Waals surface area contributed by atoms with Gasteiger partial charge < -0.3 is 10.6 Å². The quantitative estimate of drug-likeness (QED) is 0.614. The summed E-state index contributed by atoms with van der Waals surface area (Å²) in [4.78, 5) is 2.44. The summed E-state index contributed by atoms with van der Waals surface area (Å²) in [6.07, 6.45) is 6.67. The summed E-state index contributed by atoms with van der Waals surface area (Å²) >= 11 is 0. The van der Waals surface area contributed by atoms with Crippen molar-refractivity contribution in [3.8, 4) is 0 Å². The Balaban J connectivity index is 2.08. The van der Waals surface area contributed by atoms with Crippen LogP contribution in [-0.2, 0) is 0 Å². The molecular weight excluding hydrogens is 136 g/mol. The minimum atomic E-state index is 0.431. The molecule has 1 unspecified atom stereocenters. The van der Waals surface area contributed by atoms with Gasteiger partial charge in [-0.05, 0) is 26.3 Å². The van der Waals surface area contributed by atoms with Gasteiger partial charge in [0.05, 0.1) is 0 Å². The fourth-order valence-electron chi connectivity index (χ4n) is 1.49. The summed E-state index contributed by atoms with van der Waals surface area (Å²) < 4.78 is 0. The Bertz CT molecular complexity index is 132. The van der Waals surface area contributed by atoms with Crippen LogP contribution in [0.15, 0.2) is 12.2 Å². The van der Waals surface area contributed by atoms with Gasteiger partial charge in [0.25, 0.3) is 0 Å². The molecule has 2 N–H and O–H groups in total. The summed E-state index contributed by atoms with van der Waals surface area (Å²) in [5, 5.41) is 0. The first-order valence-corrected chi connectivity index (χ1v) is 4.42. The maximum Gasteiger partial charge on any atom is 0.0180 e. The van der Waals surface area contributed by atoms with E-state index in [1.165, 1.54) is 25.9 Å². The van der Waals surface area contributed by atoms with Gasteiger partial charge in [-0.15, -0.1) is 0 Å². The van der Waals surface area contributed by atoms with Crippen molar-refractivity contribution in [3.63, 3.8) is 0 Å². The van der Waals surface area contributed by atoms with Gasteiger partial charge in [0.15, 0.2) is 0 Å². The Morgan fingerprint density at radius 1 is 1.64 bits per heavy atom. The molecule has 11 heavy (non-hydrogen) atoms. The highest BCUT2D eigenvalue weighted by molar-refractivity contribution is 4.82. The number of nitrogens with zero attached hydrogens (tertiary/aromatic N) is 1. The zero-order chi connectivity index (χ0) is 8.10. The average molecular weight is 154 g/mol. The second-order valence-electron chi connectivity index (χ2n) is 3.21. The van der Waals surface area contributed by atoms with E-state index in [0.717, 1.165) is 6.54 Å². The maximum absolute atomic E-state index is 5.77. The molecular formula is C9H18N2. The van der Waals surface area contributed by atoms with Crippen LogP contribution in [0.1, 0.15) is 19.8 Å². The molecule has 2 nitrogen and oxygen atoms in total. The Morgan fingerprint density at radius 2 is 2.45 bits per heavy atom. The highest BCUT2D eigenvalue weighted by Crippen LogP contribution is 2.06. The molecule has 1 atom stereocenters. The first-order chi connectivity index (χ1) is 5.33. The monoisotopic (exact) mass is 154 g/mol. The smallest absolute Gasteiger partial charge is 0.0180 e. The van der Waals surface area contributed by atoms with Crippen LogP contribution in [0.2, 0.25) is 0 Å². The molecule has 1 fully saturated rings. The van der Waals surface area contributed by atoms with Crippen molar-refractivity contribution in [1.82, 2.24) is 4.90 Å². The number of likely N-dealkylation sites (tertiary alicyclic amines) is 1. The van der Waals surface area contributed by atoms with Crippen LogP contribution in [0.5, 0.6) is 0 Å². The molecule has 0 saturated carbocycles. The molecule has 1 aliphatic heterocycles. The van der Waals surface area contributed by atoms with E-state index >= 15 is 0 Å². The molecule has 0 aliphatic carbocycles. The first-order valence-electron chi connectivity index (χ1n) is 4.42. The van der Waals surface area contributed by atoms with E-state index in [9.17, 15) is 0 Å². The van der Waals surface area contributed by atoms with Crippen LogP contribution in [0.4, 0.5) is 0 Å². The lowest BCUT2D eigenvalue weighted by Gasteiger charge is -2.12. The third-order valence-corrected chi connectivity index (χ3v) is 2.16. The first kappa shape index (κ1) is 8.75. The van der Waals surface area contributed by atoms with E-state index in [4.69, 9.17) is 5.73 Å². The molecule has 2 heteroatoms. The van der Waals surface area contributed by atoms with Gasteiger partial charge in [-0.3, -0.25) is 0 Å². The third kappa shape index (κ3) is 3.04. The van der Waals surface area contributed by atoms with Crippen molar-refractivity contribution < 1.29 is 0 Å². The van der Waals surface area contributed by atoms with E-state index in [2.05, 4.69) is 24.0 Å². The Hall–Kier alpha value is -0.340. The molecule has 1 aliphatic rings. The van der Waals surface area contributed by atoms with Crippen molar-refractivity contribution in [2.45, 2.75) is 25.8 Å². The van der Waals surface area contributed by atoms with Crippen LogP contribution in [0, 0.1) is 0 Å². The Morgan fingerprint density at radius 3 is 3.00 bits per heavy atom. The lowest BCUT2D eigenvalue weighted by molar-refractivity contribution is 0.341. The normalized spacial score (nSPS) is 26.9. The number of hydrogen-bond donors (Lipinski definition) is 1. The maximum atomic E-state index is 5.77. The zero-order valence-corrected chi connectivity index (χ0v) is 7.29. The highest BCUT2D eigenvalue weighted by atomic mass is 15.2. The van der Waals surface area contributed by atoms with Gasteiger partial charge >= 0.3 is 0 Å². The van der Waals surface area contributed by atoms with E-state index in [0.29, 0.717) is 6.04 Å². The zero-order valence-electron chi connectivity index (χ0n) is 7.29. The van der Waals surface area contributed by atoms with Crippen molar-refractivity contribution in [2.75, 3.05) is 19.6 Å². The molecule has 1 saturated heterocycles. The summed E-state index contributed by atoms with van der Waals surface area (Å²) in [5.41, 5.74) is 5.77. The molecule has 0 aromatic carbocycles. The molecule has 0 bridgehead atoms. The van der Waals surface area contributed by atoms with E-state index in [1.807, 2.05) is 0 Å². The Kier molecular flexibility index (Phi) is 3.60. The number of rotatable bonds is 3. The Labute approximate surface area is 69.1 Å². The predicted octanol–water partition coefficient (Wildman–Crippen LogP) is 0.986. The molecule has 0 radical (unpaired) electrons. The molecule has 1 rings (SSSR count). The number of nitrogens with two attached hydrogens (primary N) is 1. The number of allylic oxidation sites excluding steroid dienone is 1. The van der Waals surface area contributed by atoms with Crippen molar-refractivity contribution in [3.05, 3.63) is 12.2 Å². The van der Waals surface area contributed by atoms with E-state index in [1.54, 1.807) is 0 Å². The van der Waals surface area contributed by atoms with Crippen molar-refractivity contribution in [1.29, 1.82) is 0 Å². The van der Waals surface area contributed by atoms with Crippen LogP contribution >= 0.6 is 0 Å². The minimum absolute atomic E-state index is 0.431. The lowest BCUT2D eigenvalue weighted by Crippen LogP contribution is -2.27. The van der Waals surface area contributed by atoms with Gasteiger partial charge in [-0.2, -0.15) is 0 Å². The fraction of sp³-hybridized carbons (Fsp3) is 0.778. The van der Waals surface area contributed by atoms with Crippen LogP contribution < -0.4 is 5.73 Å². The number of hydrogen-bond acceptors (Lipinski definition) is 2. The fourth-order valence-corrected chi connectivity index (χ4v) is 1.49. The van der Waals surface area contributed by atoms with Gasteiger partial charge in [0.1, 0.15) is 0 Å². The highest BCUT2D eigenvalue weighted by Gasteiger charge is 2.17. The van der Waals surface area contributed by atoms with Crippen molar-refractivity contribution in [2.24, 2.45) is 5.73 Å². The second kappa shape index (κ2) is 4.52. The molecule has 0 aromatic heterocycles. The molecule has 0 aromatic rings. The summed E-state index contributed by atoms with van der Waals surface area (Å²) in [5.74, 6) is 0. The largest absolute Gasteiger partial charge is 0.326 e. The third-order valence-electron chi connectivity index (χ3n) is 2.16. The SMILES string of the molecule is C/C=C/CCN1CCC(N)C1. The van der Waals surface area contributed by atoms with E-state index in [-0.39, 0.29) is 0 Å². The molecule has 64 valence electrons. The van der Waals surface area contributed by atoms with Crippen LogP contribution in [0.3, 0.4) is 0 Å². The average Bonchev–Trinajstić information content (AvgIpc) is 2.37. The second-order valence-corrected chi connectivity index (χ2v) is 3.21. The standard InChI is InChI=1S/C9H18N2/c1-2-3-4-6-11-7-5-9(10)8-11/h2-3,9H,4-8,10H2,1H3/b3-2+. The minimum Gasteiger partial charge on any atom is -0.326 e. The summed E-state index contributed by atoms with van der Waals surface area (Å²) in [7, 11) is 0. The summed E-state index contributed by atoms with van der Waals surface area (Å²) in [6, 6.07) is 0.431.